The van der Waals surface area contributed by atoms with Gasteiger partial charge >= 0.3 is 0 Å². The van der Waals surface area contributed by atoms with Crippen LogP contribution in [0.1, 0.15) is 11.1 Å². The Morgan fingerprint density at radius 1 is 0.524 bits per heavy atom. The van der Waals surface area contributed by atoms with Crippen LogP contribution in [0.25, 0.3) is 33.5 Å². The number of nitrogens with zero attached hydrogens (tertiary/aromatic N) is 2. The third-order valence-electron chi connectivity index (χ3n) is 6.87. The molecule has 2 N–H and O–H groups in total. The van der Waals surface area contributed by atoms with Crippen molar-refractivity contribution in [3.63, 3.8) is 0 Å². The molecular formula is C36H28N4O2. The van der Waals surface area contributed by atoms with Gasteiger partial charge in [-0.3, -0.25) is 9.59 Å². The van der Waals surface area contributed by atoms with E-state index in [9.17, 15) is 9.59 Å². The Bertz CT molecular complexity index is 1840. The Kier molecular flexibility index (Phi) is 7.77. The molecule has 0 atom stereocenters. The number of carbonyl (C=O) groups excluding carboxylic acids is 2. The van der Waals surface area contributed by atoms with Gasteiger partial charge in [0.1, 0.15) is 0 Å². The Hall–Kier alpha value is -5.62. The average Bonchev–Trinajstić information content (AvgIpc) is 3.02. The predicted molar refractivity (Wildman–Crippen MR) is 168 cm³/mol. The number of carbonyl (C=O) groups is 2. The highest BCUT2D eigenvalue weighted by atomic mass is 16.2. The lowest BCUT2D eigenvalue weighted by molar-refractivity contribution is -0.116. The van der Waals surface area contributed by atoms with Gasteiger partial charge in [-0.2, -0.15) is 0 Å². The highest BCUT2D eigenvalue weighted by Gasteiger charge is 2.14. The summed E-state index contributed by atoms with van der Waals surface area (Å²) in [6, 6.07) is 42.5. The Morgan fingerprint density at radius 2 is 1.05 bits per heavy atom. The summed E-state index contributed by atoms with van der Waals surface area (Å²) in [4.78, 5) is 35.1. The topological polar surface area (TPSA) is 84.0 Å². The van der Waals surface area contributed by atoms with E-state index >= 15 is 0 Å². The zero-order valence-corrected chi connectivity index (χ0v) is 22.8. The van der Waals surface area contributed by atoms with Crippen LogP contribution in [0.15, 0.2) is 133 Å². The molecule has 0 radical (unpaired) electrons. The van der Waals surface area contributed by atoms with E-state index in [1.807, 2.05) is 133 Å². The van der Waals surface area contributed by atoms with E-state index in [2.05, 4.69) is 10.6 Å². The molecule has 0 saturated heterocycles. The molecule has 42 heavy (non-hydrogen) atoms. The summed E-state index contributed by atoms with van der Waals surface area (Å²) >= 11 is 0. The fraction of sp³-hybridized carbons (Fsp3) is 0.0556. The Balaban J connectivity index is 1.27. The monoisotopic (exact) mass is 548 g/mol. The van der Waals surface area contributed by atoms with E-state index in [1.54, 1.807) is 0 Å². The smallest absolute Gasteiger partial charge is 0.228 e. The molecule has 6 heteroatoms. The van der Waals surface area contributed by atoms with Crippen LogP contribution in [0.4, 0.5) is 11.4 Å². The molecule has 6 rings (SSSR count). The first-order chi connectivity index (χ1) is 20.6. The SMILES string of the molecule is O=C(Cc1ccccc1)Nc1ccc(-c2nc(-c3ccccc3)c3cc(NC(=O)Cc4ccccc4)ccc3n2)cc1. The second-order valence-corrected chi connectivity index (χ2v) is 9.99. The third kappa shape index (κ3) is 6.40. The molecule has 2 amide bonds. The summed E-state index contributed by atoms with van der Waals surface area (Å²) in [5.41, 5.74) is 6.63. The van der Waals surface area contributed by atoms with Crippen LogP contribution in [-0.2, 0) is 22.4 Å². The van der Waals surface area contributed by atoms with Gasteiger partial charge in [0.05, 0.1) is 24.1 Å². The maximum absolute atomic E-state index is 12.7. The third-order valence-corrected chi connectivity index (χ3v) is 6.87. The fourth-order valence-corrected chi connectivity index (χ4v) is 4.83. The molecule has 0 aliphatic rings. The number of aromatic nitrogens is 2. The van der Waals surface area contributed by atoms with Gasteiger partial charge in [-0.05, 0) is 53.6 Å². The molecule has 0 aliphatic heterocycles. The predicted octanol–water partition coefficient (Wildman–Crippen LogP) is 7.33. The summed E-state index contributed by atoms with van der Waals surface area (Å²) in [6.45, 7) is 0. The number of rotatable bonds is 8. The van der Waals surface area contributed by atoms with Crippen molar-refractivity contribution in [1.82, 2.24) is 9.97 Å². The number of hydrogen-bond donors (Lipinski definition) is 2. The van der Waals surface area contributed by atoms with E-state index in [0.717, 1.165) is 38.9 Å². The van der Waals surface area contributed by atoms with Gasteiger partial charge in [0.25, 0.3) is 0 Å². The zero-order chi connectivity index (χ0) is 28.7. The zero-order valence-electron chi connectivity index (χ0n) is 22.8. The van der Waals surface area contributed by atoms with Gasteiger partial charge in [0.2, 0.25) is 11.8 Å². The first kappa shape index (κ1) is 26.6. The van der Waals surface area contributed by atoms with Crippen LogP contribution in [0.5, 0.6) is 0 Å². The first-order valence-electron chi connectivity index (χ1n) is 13.8. The molecule has 0 fully saturated rings. The second-order valence-electron chi connectivity index (χ2n) is 9.99. The highest BCUT2D eigenvalue weighted by molar-refractivity contribution is 5.99. The van der Waals surface area contributed by atoms with Gasteiger partial charge < -0.3 is 10.6 Å². The number of anilines is 2. The van der Waals surface area contributed by atoms with Gasteiger partial charge in [0, 0.05) is 27.9 Å². The molecule has 6 aromatic rings. The second kappa shape index (κ2) is 12.3. The lowest BCUT2D eigenvalue weighted by atomic mass is 10.0. The molecule has 0 unspecified atom stereocenters. The fourth-order valence-electron chi connectivity index (χ4n) is 4.83. The summed E-state index contributed by atoms with van der Waals surface area (Å²) in [5.74, 6) is 0.411. The quantitative estimate of drug-likeness (QED) is 0.209. The molecule has 6 nitrogen and oxygen atoms in total. The van der Waals surface area contributed by atoms with Gasteiger partial charge in [0.15, 0.2) is 5.82 Å². The molecular weight excluding hydrogens is 520 g/mol. The van der Waals surface area contributed by atoms with E-state index in [0.29, 0.717) is 30.0 Å². The molecule has 204 valence electrons. The summed E-state index contributed by atoms with van der Waals surface area (Å²) in [7, 11) is 0. The molecule has 1 heterocycles. The van der Waals surface area contributed by atoms with Crippen molar-refractivity contribution in [1.29, 1.82) is 0 Å². The van der Waals surface area contributed by atoms with Gasteiger partial charge in [-0.1, -0.05) is 91.0 Å². The molecule has 5 aromatic carbocycles. The summed E-state index contributed by atoms with van der Waals surface area (Å²) in [5, 5.41) is 6.81. The van der Waals surface area contributed by atoms with E-state index in [-0.39, 0.29) is 11.8 Å². The first-order valence-corrected chi connectivity index (χ1v) is 13.8. The molecule has 1 aromatic heterocycles. The highest BCUT2D eigenvalue weighted by Crippen LogP contribution is 2.31. The van der Waals surface area contributed by atoms with Crippen molar-refractivity contribution in [3.8, 4) is 22.6 Å². The Labute approximate surface area is 244 Å². The molecule has 0 spiro atoms. The summed E-state index contributed by atoms with van der Waals surface area (Å²) < 4.78 is 0. The minimum Gasteiger partial charge on any atom is -0.326 e. The molecule has 0 saturated carbocycles. The maximum atomic E-state index is 12.7. The molecule has 0 aliphatic carbocycles. The maximum Gasteiger partial charge on any atom is 0.228 e. The van der Waals surface area contributed by atoms with Crippen LogP contribution in [0.2, 0.25) is 0 Å². The number of hydrogen-bond acceptors (Lipinski definition) is 4. The van der Waals surface area contributed by atoms with Gasteiger partial charge in [-0.15, -0.1) is 0 Å². The summed E-state index contributed by atoms with van der Waals surface area (Å²) in [6.07, 6.45) is 0.605. The van der Waals surface area contributed by atoms with E-state index in [4.69, 9.17) is 9.97 Å². The molecule has 0 bridgehead atoms. The van der Waals surface area contributed by atoms with Gasteiger partial charge in [-0.25, -0.2) is 9.97 Å². The minimum atomic E-state index is -0.0877. The van der Waals surface area contributed by atoms with Crippen LogP contribution >= 0.6 is 0 Å². The number of fused-ring (bicyclic) bond motifs is 1. The van der Waals surface area contributed by atoms with Crippen molar-refractivity contribution in [2.24, 2.45) is 0 Å². The van der Waals surface area contributed by atoms with E-state index < -0.39 is 0 Å². The van der Waals surface area contributed by atoms with Crippen molar-refractivity contribution in [2.75, 3.05) is 10.6 Å². The van der Waals surface area contributed by atoms with E-state index in [1.165, 1.54) is 0 Å². The lowest BCUT2D eigenvalue weighted by Gasteiger charge is -2.12. The van der Waals surface area contributed by atoms with Crippen LogP contribution < -0.4 is 10.6 Å². The lowest BCUT2D eigenvalue weighted by Crippen LogP contribution is -2.14. The van der Waals surface area contributed by atoms with Crippen molar-refractivity contribution in [2.45, 2.75) is 12.8 Å². The van der Waals surface area contributed by atoms with Crippen molar-refractivity contribution < 1.29 is 9.59 Å². The normalized spacial score (nSPS) is 10.8. The van der Waals surface area contributed by atoms with Crippen molar-refractivity contribution >= 4 is 34.1 Å². The largest absolute Gasteiger partial charge is 0.326 e. The number of nitrogens with one attached hydrogen (secondary N) is 2. The van der Waals surface area contributed by atoms with Crippen LogP contribution in [0.3, 0.4) is 0 Å². The van der Waals surface area contributed by atoms with Crippen LogP contribution in [-0.4, -0.2) is 21.8 Å². The Morgan fingerprint density at radius 3 is 1.64 bits per heavy atom. The minimum absolute atomic E-state index is 0.0751. The van der Waals surface area contributed by atoms with Crippen LogP contribution in [0, 0.1) is 0 Å². The average molecular weight is 549 g/mol. The number of amides is 2. The van der Waals surface area contributed by atoms with Crippen molar-refractivity contribution in [3.05, 3.63) is 145 Å². The standard InChI is InChI=1S/C36H28N4O2/c41-33(22-25-10-4-1-5-11-25)37-29-18-16-28(17-19-29)36-39-32-21-20-30(38-34(42)23-26-12-6-2-7-13-26)24-31(32)35(40-36)27-14-8-3-9-15-27/h1-21,24H,22-23H2,(H,37,41)(H,38,42). The number of benzene rings is 5.